The van der Waals surface area contributed by atoms with Gasteiger partial charge in [0.25, 0.3) is 0 Å². The van der Waals surface area contributed by atoms with Gasteiger partial charge in [-0.2, -0.15) is 0 Å². The fourth-order valence-electron chi connectivity index (χ4n) is 2.04. The van der Waals surface area contributed by atoms with Crippen LogP contribution in [-0.2, 0) is 0 Å². The highest BCUT2D eigenvalue weighted by Gasteiger charge is 2.16. The minimum atomic E-state index is 0.0886. The minimum Gasteiger partial charge on any atom is -0.288 e. The molecule has 3 rings (SSSR count). The maximum absolute atomic E-state index is 12.6. The molecular formula is C15H11ClOS2. The van der Waals surface area contributed by atoms with E-state index in [-0.39, 0.29) is 5.78 Å². The number of rotatable bonds is 2. The lowest BCUT2D eigenvalue weighted by atomic mass is 10.0. The van der Waals surface area contributed by atoms with E-state index >= 15 is 0 Å². The van der Waals surface area contributed by atoms with Crippen molar-refractivity contribution in [2.24, 2.45) is 0 Å². The molecule has 0 aliphatic rings. The molecule has 0 bridgehead atoms. The molecule has 0 saturated carbocycles. The average Bonchev–Trinajstić information content (AvgIpc) is 2.93. The topological polar surface area (TPSA) is 17.1 Å². The largest absolute Gasteiger partial charge is 0.288 e. The van der Waals surface area contributed by atoms with Crippen molar-refractivity contribution in [1.82, 2.24) is 0 Å². The molecule has 0 saturated heterocycles. The van der Waals surface area contributed by atoms with Crippen LogP contribution in [0.15, 0.2) is 29.6 Å². The smallest absolute Gasteiger partial charge is 0.203 e. The van der Waals surface area contributed by atoms with Crippen LogP contribution in [0.25, 0.3) is 9.40 Å². The zero-order valence-corrected chi connectivity index (χ0v) is 12.9. The van der Waals surface area contributed by atoms with Crippen molar-refractivity contribution in [3.63, 3.8) is 0 Å². The van der Waals surface area contributed by atoms with Crippen LogP contribution in [0.2, 0.25) is 5.02 Å². The quantitative estimate of drug-likeness (QED) is 0.574. The zero-order valence-electron chi connectivity index (χ0n) is 10.5. The van der Waals surface area contributed by atoms with Crippen LogP contribution in [0, 0.1) is 13.8 Å². The lowest BCUT2D eigenvalue weighted by Crippen LogP contribution is -2.02. The van der Waals surface area contributed by atoms with Crippen LogP contribution >= 0.6 is 34.3 Å². The van der Waals surface area contributed by atoms with Gasteiger partial charge in [-0.05, 0) is 54.6 Å². The minimum absolute atomic E-state index is 0.0886. The molecule has 0 radical (unpaired) electrons. The molecule has 19 heavy (non-hydrogen) atoms. The van der Waals surface area contributed by atoms with Crippen molar-refractivity contribution in [3.05, 3.63) is 56.2 Å². The van der Waals surface area contributed by atoms with Gasteiger partial charge >= 0.3 is 0 Å². The summed E-state index contributed by atoms with van der Waals surface area (Å²) in [6, 6.07) is 7.78. The van der Waals surface area contributed by atoms with Gasteiger partial charge in [-0.1, -0.05) is 11.6 Å². The molecule has 0 aliphatic carbocycles. The molecule has 0 fully saturated rings. The molecule has 96 valence electrons. The Bertz CT molecular complexity index is 754. The molecule has 2 heterocycles. The Kier molecular flexibility index (Phi) is 3.21. The van der Waals surface area contributed by atoms with Crippen molar-refractivity contribution in [3.8, 4) is 0 Å². The predicted octanol–water partition coefficient (Wildman–Crippen LogP) is 5.46. The van der Waals surface area contributed by atoms with Crippen LogP contribution in [-0.4, -0.2) is 5.78 Å². The Labute approximate surface area is 124 Å². The number of hydrogen-bond donors (Lipinski definition) is 0. The third kappa shape index (κ3) is 2.22. The van der Waals surface area contributed by atoms with Crippen LogP contribution in [0.3, 0.4) is 0 Å². The summed E-state index contributed by atoms with van der Waals surface area (Å²) in [5.74, 6) is 0.0886. The number of halogens is 1. The van der Waals surface area contributed by atoms with E-state index in [0.29, 0.717) is 5.02 Å². The summed E-state index contributed by atoms with van der Waals surface area (Å²) in [7, 11) is 0. The first-order valence-electron chi connectivity index (χ1n) is 5.85. The van der Waals surface area contributed by atoms with Gasteiger partial charge in [0.1, 0.15) is 0 Å². The third-order valence-corrected chi connectivity index (χ3v) is 5.61. The van der Waals surface area contributed by atoms with Gasteiger partial charge in [0.2, 0.25) is 5.78 Å². The second-order valence-electron chi connectivity index (χ2n) is 4.51. The van der Waals surface area contributed by atoms with Gasteiger partial charge in [-0.25, -0.2) is 0 Å². The molecule has 0 unspecified atom stereocenters. The number of benzene rings is 1. The number of aryl methyl sites for hydroxylation is 2. The first kappa shape index (κ1) is 12.9. The van der Waals surface area contributed by atoms with E-state index in [2.05, 4.69) is 6.07 Å². The molecule has 0 spiro atoms. The fraction of sp³-hybridized carbons (Fsp3) is 0.133. The maximum Gasteiger partial charge on any atom is 0.203 e. The number of hydrogen-bond acceptors (Lipinski definition) is 3. The summed E-state index contributed by atoms with van der Waals surface area (Å²) in [4.78, 5) is 13.4. The molecule has 3 aromatic rings. The Balaban J connectivity index is 2.09. The first-order chi connectivity index (χ1) is 9.06. The van der Waals surface area contributed by atoms with Crippen molar-refractivity contribution in [1.29, 1.82) is 0 Å². The maximum atomic E-state index is 12.6. The highest BCUT2D eigenvalue weighted by atomic mass is 35.5. The number of fused-ring (bicyclic) bond motifs is 1. The number of ketones is 1. The van der Waals surface area contributed by atoms with Gasteiger partial charge in [0.05, 0.1) is 4.88 Å². The second kappa shape index (κ2) is 4.75. The van der Waals surface area contributed by atoms with E-state index < -0.39 is 0 Å². The number of carbonyl (C=O) groups is 1. The second-order valence-corrected chi connectivity index (χ2v) is 6.94. The molecule has 1 nitrogen and oxygen atoms in total. The van der Waals surface area contributed by atoms with E-state index in [0.717, 1.165) is 21.6 Å². The Hall–Kier alpha value is -1.16. The first-order valence-corrected chi connectivity index (χ1v) is 7.92. The van der Waals surface area contributed by atoms with E-state index in [1.165, 1.54) is 9.40 Å². The molecule has 0 N–H and O–H groups in total. The van der Waals surface area contributed by atoms with E-state index in [4.69, 9.17) is 11.6 Å². The summed E-state index contributed by atoms with van der Waals surface area (Å²) >= 11 is 9.30. The van der Waals surface area contributed by atoms with Gasteiger partial charge in [0.15, 0.2) is 0 Å². The average molecular weight is 307 g/mol. The lowest BCUT2D eigenvalue weighted by Gasteiger charge is -2.06. The Morgan fingerprint density at radius 1 is 1.11 bits per heavy atom. The van der Waals surface area contributed by atoms with Crippen molar-refractivity contribution in [2.45, 2.75) is 13.8 Å². The number of carbonyl (C=O) groups excluding carboxylic acids is 1. The van der Waals surface area contributed by atoms with Crippen LogP contribution < -0.4 is 0 Å². The summed E-state index contributed by atoms with van der Waals surface area (Å²) < 4.78 is 2.35. The van der Waals surface area contributed by atoms with E-state index in [9.17, 15) is 4.79 Å². The van der Waals surface area contributed by atoms with Crippen molar-refractivity contribution >= 4 is 49.5 Å². The fourth-order valence-corrected chi connectivity index (χ4v) is 4.32. The standard InChI is InChI=1S/C15H11ClOS2/c1-8-6-11(16)9(2)5-10(8)15(17)14-7-13-12(19-14)3-4-18-13/h3-7H,1-2H3. The predicted molar refractivity (Wildman–Crippen MR) is 84.1 cm³/mol. The lowest BCUT2D eigenvalue weighted by molar-refractivity contribution is 0.104. The molecule has 0 aliphatic heterocycles. The Morgan fingerprint density at radius 3 is 2.63 bits per heavy atom. The van der Waals surface area contributed by atoms with Gasteiger partial charge in [-0.3, -0.25) is 4.79 Å². The van der Waals surface area contributed by atoms with E-state index in [1.807, 2.05) is 37.4 Å². The van der Waals surface area contributed by atoms with Crippen LogP contribution in [0.5, 0.6) is 0 Å². The molecule has 1 aromatic carbocycles. The van der Waals surface area contributed by atoms with Crippen LogP contribution in [0.4, 0.5) is 0 Å². The van der Waals surface area contributed by atoms with Crippen molar-refractivity contribution < 1.29 is 4.79 Å². The molecule has 0 amide bonds. The monoisotopic (exact) mass is 306 g/mol. The van der Waals surface area contributed by atoms with Gasteiger partial charge in [0, 0.05) is 20.0 Å². The van der Waals surface area contributed by atoms with Crippen molar-refractivity contribution in [2.75, 3.05) is 0 Å². The third-order valence-electron chi connectivity index (χ3n) is 3.11. The molecular weight excluding hydrogens is 296 g/mol. The Morgan fingerprint density at radius 2 is 1.89 bits per heavy atom. The highest BCUT2D eigenvalue weighted by Crippen LogP contribution is 2.32. The number of thiophene rings is 2. The molecule has 4 heteroatoms. The zero-order chi connectivity index (χ0) is 13.6. The van der Waals surface area contributed by atoms with Crippen LogP contribution in [0.1, 0.15) is 26.4 Å². The SMILES string of the molecule is Cc1cc(C(=O)c2cc3sccc3s2)c(C)cc1Cl. The summed E-state index contributed by atoms with van der Waals surface area (Å²) in [6.07, 6.45) is 0. The molecule has 0 atom stereocenters. The summed E-state index contributed by atoms with van der Waals surface area (Å²) in [5, 5.41) is 2.76. The van der Waals surface area contributed by atoms with Gasteiger partial charge < -0.3 is 0 Å². The molecule has 2 aromatic heterocycles. The summed E-state index contributed by atoms with van der Waals surface area (Å²) in [6.45, 7) is 3.85. The highest BCUT2D eigenvalue weighted by molar-refractivity contribution is 7.28. The summed E-state index contributed by atoms with van der Waals surface area (Å²) in [5.41, 5.74) is 2.61. The van der Waals surface area contributed by atoms with E-state index in [1.54, 1.807) is 22.7 Å². The van der Waals surface area contributed by atoms with Gasteiger partial charge in [-0.15, -0.1) is 22.7 Å². The normalized spacial score (nSPS) is 11.1.